The Bertz CT molecular complexity index is 672. The van der Waals surface area contributed by atoms with E-state index in [1.165, 1.54) is 6.20 Å². The SMILES string of the molecule is CCOC(=O)c1cnn(-c2cc(C(F)(F)F)nc(Cl)n2)c1. The third-order valence-electron chi connectivity index (χ3n) is 2.30. The highest BCUT2D eigenvalue weighted by atomic mass is 35.5. The van der Waals surface area contributed by atoms with Crippen LogP contribution in [0.4, 0.5) is 13.2 Å². The maximum atomic E-state index is 12.6. The molecule has 6 nitrogen and oxygen atoms in total. The molecule has 2 rings (SSSR count). The molecule has 0 radical (unpaired) electrons. The van der Waals surface area contributed by atoms with Gasteiger partial charge in [0.2, 0.25) is 5.28 Å². The van der Waals surface area contributed by atoms with E-state index in [0.717, 1.165) is 10.9 Å². The van der Waals surface area contributed by atoms with Crippen molar-refractivity contribution in [1.29, 1.82) is 0 Å². The van der Waals surface area contributed by atoms with Crippen LogP contribution in [0, 0.1) is 0 Å². The van der Waals surface area contributed by atoms with Crippen molar-refractivity contribution in [2.24, 2.45) is 0 Å². The third kappa shape index (κ3) is 3.48. The molecule has 2 aromatic heterocycles. The molecule has 112 valence electrons. The molecule has 21 heavy (non-hydrogen) atoms. The van der Waals surface area contributed by atoms with Gasteiger partial charge in [-0.25, -0.2) is 14.5 Å². The topological polar surface area (TPSA) is 69.9 Å². The van der Waals surface area contributed by atoms with Crippen molar-refractivity contribution >= 4 is 17.6 Å². The van der Waals surface area contributed by atoms with Crippen LogP contribution in [0.2, 0.25) is 5.28 Å². The smallest absolute Gasteiger partial charge is 0.433 e. The molecular weight excluding hydrogens is 313 g/mol. The van der Waals surface area contributed by atoms with Crippen LogP contribution in [0.15, 0.2) is 18.5 Å². The van der Waals surface area contributed by atoms with Gasteiger partial charge in [0, 0.05) is 12.3 Å². The standard InChI is InChI=1S/C11H8ClF3N4O2/c1-2-21-9(20)6-4-16-19(5-6)8-3-7(11(13,14)15)17-10(12)18-8/h3-5H,2H2,1H3. The Hall–Kier alpha value is -2.16. The van der Waals surface area contributed by atoms with E-state index in [2.05, 4.69) is 15.1 Å². The van der Waals surface area contributed by atoms with Crippen molar-refractivity contribution in [3.63, 3.8) is 0 Å². The first kappa shape index (κ1) is 15.2. The number of rotatable bonds is 3. The lowest BCUT2D eigenvalue weighted by atomic mass is 10.3. The number of esters is 1. The minimum Gasteiger partial charge on any atom is -0.462 e. The van der Waals surface area contributed by atoms with E-state index in [1.807, 2.05) is 0 Å². The highest BCUT2D eigenvalue weighted by Gasteiger charge is 2.33. The van der Waals surface area contributed by atoms with E-state index in [0.29, 0.717) is 6.07 Å². The van der Waals surface area contributed by atoms with Gasteiger partial charge in [-0.3, -0.25) is 0 Å². The summed E-state index contributed by atoms with van der Waals surface area (Å²) in [5.41, 5.74) is -1.12. The summed E-state index contributed by atoms with van der Waals surface area (Å²) in [5, 5.41) is 3.18. The molecule has 0 N–H and O–H groups in total. The van der Waals surface area contributed by atoms with Crippen molar-refractivity contribution < 1.29 is 22.7 Å². The number of hydrogen-bond acceptors (Lipinski definition) is 5. The van der Waals surface area contributed by atoms with Crippen LogP contribution in [0.5, 0.6) is 0 Å². The van der Waals surface area contributed by atoms with E-state index < -0.39 is 23.1 Å². The van der Waals surface area contributed by atoms with Crippen molar-refractivity contribution in [3.05, 3.63) is 35.0 Å². The Morgan fingerprint density at radius 3 is 2.76 bits per heavy atom. The predicted molar refractivity (Wildman–Crippen MR) is 65.1 cm³/mol. The van der Waals surface area contributed by atoms with Crippen molar-refractivity contribution in [2.45, 2.75) is 13.1 Å². The second-order valence-electron chi connectivity index (χ2n) is 3.77. The van der Waals surface area contributed by atoms with Gasteiger partial charge in [-0.2, -0.15) is 23.3 Å². The highest BCUT2D eigenvalue weighted by Crippen LogP contribution is 2.29. The molecule has 0 fully saturated rings. The van der Waals surface area contributed by atoms with Gasteiger partial charge < -0.3 is 4.74 Å². The summed E-state index contributed by atoms with van der Waals surface area (Å²) in [5.74, 6) is -0.849. The van der Waals surface area contributed by atoms with Crippen molar-refractivity contribution in [2.75, 3.05) is 6.61 Å². The number of hydrogen-bond donors (Lipinski definition) is 0. The van der Waals surface area contributed by atoms with E-state index in [4.69, 9.17) is 16.3 Å². The molecule has 0 saturated heterocycles. The number of halogens is 4. The molecule has 0 aromatic carbocycles. The Labute approximate surface area is 121 Å². The average Bonchev–Trinajstić information content (AvgIpc) is 2.87. The molecule has 0 aliphatic heterocycles. The molecule has 0 bridgehead atoms. The zero-order valence-electron chi connectivity index (χ0n) is 10.6. The zero-order valence-corrected chi connectivity index (χ0v) is 11.3. The predicted octanol–water partition coefficient (Wildman–Crippen LogP) is 2.51. The first-order valence-corrected chi connectivity index (χ1v) is 6.03. The Morgan fingerprint density at radius 2 is 2.14 bits per heavy atom. The number of carbonyl (C=O) groups is 1. The van der Waals surface area contributed by atoms with Gasteiger partial charge in [0.25, 0.3) is 0 Å². The monoisotopic (exact) mass is 320 g/mol. The Morgan fingerprint density at radius 1 is 1.43 bits per heavy atom. The van der Waals surface area contributed by atoms with Crippen LogP contribution in [-0.2, 0) is 10.9 Å². The minimum atomic E-state index is -4.67. The number of alkyl halides is 3. The van der Waals surface area contributed by atoms with E-state index in [-0.39, 0.29) is 18.0 Å². The molecule has 2 aromatic rings. The molecule has 0 atom stereocenters. The summed E-state index contributed by atoms with van der Waals surface area (Å²) >= 11 is 5.47. The van der Waals surface area contributed by atoms with Gasteiger partial charge in [-0.1, -0.05) is 0 Å². The maximum absolute atomic E-state index is 12.6. The van der Waals surface area contributed by atoms with E-state index in [9.17, 15) is 18.0 Å². The summed E-state index contributed by atoms with van der Waals surface area (Å²) in [6.45, 7) is 1.80. The lowest BCUT2D eigenvalue weighted by molar-refractivity contribution is -0.141. The minimum absolute atomic E-state index is 0.0835. The molecule has 0 aliphatic rings. The molecule has 2 heterocycles. The first-order valence-electron chi connectivity index (χ1n) is 5.65. The van der Waals surface area contributed by atoms with Crippen molar-refractivity contribution in [3.8, 4) is 5.82 Å². The largest absolute Gasteiger partial charge is 0.462 e. The fraction of sp³-hybridized carbons (Fsp3) is 0.273. The number of ether oxygens (including phenoxy) is 1. The molecule has 0 saturated carbocycles. The lowest BCUT2D eigenvalue weighted by Crippen LogP contribution is -2.11. The Balaban J connectivity index is 2.39. The summed E-state index contributed by atoms with van der Waals surface area (Å²) in [6.07, 6.45) is -2.32. The van der Waals surface area contributed by atoms with Crippen molar-refractivity contribution in [1.82, 2.24) is 19.7 Å². The van der Waals surface area contributed by atoms with Gasteiger partial charge in [-0.15, -0.1) is 0 Å². The van der Waals surface area contributed by atoms with E-state index >= 15 is 0 Å². The summed E-state index contributed by atoms with van der Waals surface area (Å²) < 4.78 is 43.7. The van der Waals surface area contributed by atoms with Crippen LogP contribution >= 0.6 is 11.6 Å². The zero-order chi connectivity index (χ0) is 15.6. The molecule has 0 spiro atoms. The second kappa shape index (κ2) is 5.68. The number of nitrogens with zero attached hydrogens (tertiary/aromatic N) is 4. The summed E-state index contributed by atoms with van der Waals surface area (Å²) in [7, 11) is 0. The van der Waals surface area contributed by atoms with Gasteiger partial charge in [0.1, 0.15) is 0 Å². The van der Waals surface area contributed by atoms with Crippen LogP contribution in [-0.4, -0.2) is 32.3 Å². The third-order valence-corrected chi connectivity index (χ3v) is 2.47. The van der Waals surface area contributed by atoms with Crippen LogP contribution in [0.25, 0.3) is 5.82 Å². The van der Waals surface area contributed by atoms with Crippen LogP contribution in [0.3, 0.4) is 0 Å². The summed E-state index contributed by atoms with van der Waals surface area (Å²) in [6, 6.07) is 0.674. The average molecular weight is 321 g/mol. The molecular formula is C11H8ClF3N4O2. The molecule has 0 unspecified atom stereocenters. The number of aromatic nitrogens is 4. The fourth-order valence-electron chi connectivity index (χ4n) is 1.44. The normalized spacial score (nSPS) is 11.5. The van der Waals surface area contributed by atoms with Crippen LogP contribution < -0.4 is 0 Å². The molecule has 0 aliphatic carbocycles. The van der Waals surface area contributed by atoms with Gasteiger partial charge >= 0.3 is 12.1 Å². The fourth-order valence-corrected chi connectivity index (χ4v) is 1.61. The van der Waals surface area contributed by atoms with Crippen LogP contribution in [0.1, 0.15) is 23.0 Å². The maximum Gasteiger partial charge on any atom is 0.433 e. The van der Waals surface area contributed by atoms with Gasteiger partial charge in [-0.05, 0) is 18.5 Å². The molecule has 0 amide bonds. The highest BCUT2D eigenvalue weighted by molar-refractivity contribution is 6.28. The molecule has 10 heteroatoms. The van der Waals surface area contributed by atoms with E-state index in [1.54, 1.807) is 6.92 Å². The number of carbonyl (C=O) groups excluding carboxylic acids is 1. The Kier molecular flexibility index (Phi) is 4.12. The quantitative estimate of drug-likeness (QED) is 0.642. The van der Waals surface area contributed by atoms with Gasteiger partial charge in [0.15, 0.2) is 11.5 Å². The first-order chi connectivity index (χ1) is 9.81. The summed E-state index contributed by atoms with van der Waals surface area (Å²) in [4.78, 5) is 18.2. The van der Waals surface area contributed by atoms with Gasteiger partial charge in [0.05, 0.1) is 18.4 Å². The lowest BCUT2D eigenvalue weighted by Gasteiger charge is -2.07. The second-order valence-corrected chi connectivity index (χ2v) is 4.11.